The highest BCUT2D eigenvalue weighted by atomic mass is 19.1. The van der Waals surface area contributed by atoms with Gasteiger partial charge in [-0.2, -0.15) is 5.10 Å². The maximum Gasteiger partial charge on any atom is 0.254 e. The molecule has 0 radical (unpaired) electrons. The van der Waals surface area contributed by atoms with Crippen molar-refractivity contribution in [3.05, 3.63) is 53.2 Å². The molecule has 5 rings (SSSR count). The Morgan fingerprint density at radius 1 is 1.09 bits per heavy atom. The van der Waals surface area contributed by atoms with Crippen LogP contribution in [-0.4, -0.2) is 51.2 Å². The molecule has 8 nitrogen and oxygen atoms in total. The molecule has 2 aromatic carbocycles. The van der Waals surface area contributed by atoms with Crippen LogP contribution in [0.2, 0.25) is 0 Å². The zero-order chi connectivity index (χ0) is 24.1. The van der Waals surface area contributed by atoms with Gasteiger partial charge >= 0.3 is 0 Å². The second-order valence-corrected chi connectivity index (χ2v) is 8.21. The number of carbonyl (C=O) groups excluding carboxylic acids is 1. The summed E-state index contributed by atoms with van der Waals surface area (Å²) < 4.78 is 39.8. The molecule has 0 spiro atoms. The first-order valence-electron chi connectivity index (χ1n) is 10.6. The van der Waals surface area contributed by atoms with Crippen molar-refractivity contribution in [1.82, 2.24) is 25.1 Å². The molecule has 0 saturated carbocycles. The molecule has 4 aromatic rings. The van der Waals surface area contributed by atoms with E-state index < -0.39 is 17.2 Å². The molecule has 174 valence electrons. The van der Waals surface area contributed by atoms with Crippen LogP contribution in [0.5, 0.6) is 11.5 Å². The monoisotopic (exact) mass is 465 g/mol. The minimum Gasteiger partial charge on any atom is -0.494 e. The quantitative estimate of drug-likeness (QED) is 0.471. The Labute approximate surface area is 193 Å². The third-order valence-corrected chi connectivity index (χ3v) is 5.95. The van der Waals surface area contributed by atoms with E-state index in [9.17, 15) is 13.6 Å². The van der Waals surface area contributed by atoms with E-state index in [1.807, 2.05) is 26.0 Å². The second-order valence-electron chi connectivity index (χ2n) is 8.21. The predicted molar refractivity (Wildman–Crippen MR) is 121 cm³/mol. The highest BCUT2D eigenvalue weighted by molar-refractivity contribution is 6.00. The van der Waals surface area contributed by atoms with Gasteiger partial charge in [0.25, 0.3) is 5.91 Å². The van der Waals surface area contributed by atoms with Gasteiger partial charge in [0, 0.05) is 36.0 Å². The Kier molecular flexibility index (Phi) is 5.15. The third kappa shape index (κ3) is 3.25. The van der Waals surface area contributed by atoms with Crippen molar-refractivity contribution in [2.75, 3.05) is 14.2 Å². The lowest BCUT2D eigenvalue weighted by Gasteiger charge is -2.19. The molecule has 1 N–H and O–H groups in total. The predicted octanol–water partition coefficient (Wildman–Crippen LogP) is 4.35. The van der Waals surface area contributed by atoms with Crippen LogP contribution < -0.4 is 9.47 Å². The average molecular weight is 465 g/mol. The number of amides is 1. The molecule has 0 atom stereocenters. The third-order valence-electron chi connectivity index (χ3n) is 5.95. The van der Waals surface area contributed by atoms with Gasteiger partial charge in [-0.25, -0.2) is 18.7 Å². The van der Waals surface area contributed by atoms with Gasteiger partial charge in [-0.3, -0.25) is 9.89 Å². The zero-order valence-electron chi connectivity index (χ0n) is 18.9. The summed E-state index contributed by atoms with van der Waals surface area (Å²) in [6.45, 7) is 4.48. The molecule has 1 aliphatic rings. The molecule has 1 amide bonds. The Hall–Kier alpha value is -4.08. The maximum atomic E-state index is 14.9. The van der Waals surface area contributed by atoms with E-state index in [1.54, 1.807) is 11.0 Å². The van der Waals surface area contributed by atoms with Gasteiger partial charge in [-0.05, 0) is 31.5 Å². The molecule has 0 saturated heterocycles. The molecular formula is C24H21F2N5O3. The lowest BCUT2D eigenvalue weighted by Crippen LogP contribution is -2.30. The topological polar surface area (TPSA) is 93.2 Å². The van der Waals surface area contributed by atoms with Crippen LogP contribution in [0.3, 0.4) is 0 Å². The molecule has 3 heterocycles. The number of hydrogen-bond acceptors (Lipinski definition) is 6. The average Bonchev–Trinajstić information content (AvgIpc) is 3.40. The van der Waals surface area contributed by atoms with Crippen LogP contribution in [0, 0.1) is 11.6 Å². The van der Waals surface area contributed by atoms with Crippen LogP contribution in [0.1, 0.15) is 29.8 Å². The summed E-state index contributed by atoms with van der Waals surface area (Å²) in [5, 5.41) is 7.73. The van der Waals surface area contributed by atoms with E-state index in [0.717, 1.165) is 17.2 Å². The van der Waals surface area contributed by atoms with Crippen molar-refractivity contribution >= 4 is 16.9 Å². The van der Waals surface area contributed by atoms with Crippen LogP contribution in [0.4, 0.5) is 8.78 Å². The molecule has 0 fully saturated rings. The SMILES string of the molecule is COc1cc(OC)c(F)c(-c2ncc3c(-c4ccc5c(c4)CN(C(C)C)C5=O)n[nH]c3n2)c1F. The molecule has 1 aliphatic heterocycles. The Balaban J connectivity index is 1.57. The fraction of sp³-hybridized carbons (Fsp3) is 0.250. The summed E-state index contributed by atoms with van der Waals surface area (Å²) >= 11 is 0. The number of fused-ring (bicyclic) bond motifs is 2. The van der Waals surface area contributed by atoms with Gasteiger partial charge in [0.05, 0.1) is 25.2 Å². The number of nitrogens with zero attached hydrogens (tertiary/aromatic N) is 4. The normalized spacial score (nSPS) is 13.1. The Morgan fingerprint density at radius 2 is 1.79 bits per heavy atom. The van der Waals surface area contributed by atoms with E-state index in [0.29, 0.717) is 28.8 Å². The van der Waals surface area contributed by atoms with E-state index in [-0.39, 0.29) is 29.3 Å². The van der Waals surface area contributed by atoms with Crippen molar-refractivity contribution < 1.29 is 23.0 Å². The number of hydrogen-bond donors (Lipinski definition) is 1. The van der Waals surface area contributed by atoms with E-state index in [2.05, 4.69) is 20.2 Å². The van der Waals surface area contributed by atoms with Crippen molar-refractivity contribution in [2.24, 2.45) is 0 Å². The summed E-state index contributed by atoms with van der Waals surface area (Å²) in [6, 6.07) is 6.75. The van der Waals surface area contributed by atoms with E-state index in [4.69, 9.17) is 9.47 Å². The van der Waals surface area contributed by atoms with Gasteiger partial charge < -0.3 is 14.4 Å². The lowest BCUT2D eigenvalue weighted by atomic mass is 10.0. The summed E-state index contributed by atoms with van der Waals surface area (Å²) in [7, 11) is 2.55. The van der Waals surface area contributed by atoms with Gasteiger partial charge in [-0.15, -0.1) is 0 Å². The maximum absolute atomic E-state index is 14.9. The lowest BCUT2D eigenvalue weighted by molar-refractivity contribution is 0.0730. The number of rotatable bonds is 5. The number of H-pyrrole nitrogens is 1. The van der Waals surface area contributed by atoms with E-state index in [1.165, 1.54) is 20.4 Å². The van der Waals surface area contributed by atoms with Crippen molar-refractivity contribution in [3.8, 4) is 34.1 Å². The molecule has 10 heteroatoms. The molecule has 34 heavy (non-hydrogen) atoms. The highest BCUT2D eigenvalue weighted by Gasteiger charge is 2.30. The smallest absolute Gasteiger partial charge is 0.254 e. The largest absolute Gasteiger partial charge is 0.494 e. The van der Waals surface area contributed by atoms with Crippen molar-refractivity contribution in [1.29, 1.82) is 0 Å². The minimum atomic E-state index is -0.933. The molecular weight excluding hydrogens is 444 g/mol. The van der Waals surface area contributed by atoms with Gasteiger partial charge in [0.1, 0.15) is 5.69 Å². The standard InChI is InChI=1S/C24H21F2N5O3/c1-11(2)31-10-13-7-12(5-6-14(13)24(31)32)21-15-9-27-23(28-22(15)30-29-21)18-19(25)16(33-3)8-17(34-4)20(18)26/h5-9,11H,10H2,1-4H3,(H,27,28,29,30). The van der Waals surface area contributed by atoms with Crippen LogP contribution in [0.15, 0.2) is 30.5 Å². The first-order valence-corrected chi connectivity index (χ1v) is 10.6. The summed E-state index contributed by atoms with van der Waals surface area (Å²) in [6.07, 6.45) is 1.46. The fourth-order valence-electron chi connectivity index (χ4n) is 4.14. The first-order chi connectivity index (χ1) is 16.3. The van der Waals surface area contributed by atoms with Crippen LogP contribution >= 0.6 is 0 Å². The number of ether oxygens (including phenoxy) is 2. The van der Waals surface area contributed by atoms with Crippen molar-refractivity contribution in [3.63, 3.8) is 0 Å². The van der Waals surface area contributed by atoms with Crippen molar-refractivity contribution in [2.45, 2.75) is 26.4 Å². The highest BCUT2D eigenvalue weighted by Crippen LogP contribution is 2.37. The number of halogens is 2. The fourth-order valence-corrected chi connectivity index (χ4v) is 4.14. The zero-order valence-corrected chi connectivity index (χ0v) is 18.9. The second kappa shape index (κ2) is 8.05. The number of aromatic amines is 1. The number of benzene rings is 2. The molecule has 0 bridgehead atoms. The van der Waals surface area contributed by atoms with Crippen LogP contribution in [0.25, 0.3) is 33.7 Å². The van der Waals surface area contributed by atoms with Gasteiger partial charge in [-0.1, -0.05) is 6.07 Å². The summed E-state index contributed by atoms with van der Waals surface area (Å²) in [5.74, 6) is -2.41. The summed E-state index contributed by atoms with van der Waals surface area (Å²) in [5.41, 5.74) is 2.79. The Morgan fingerprint density at radius 3 is 2.44 bits per heavy atom. The molecule has 0 aliphatic carbocycles. The van der Waals surface area contributed by atoms with Gasteiger partial charge in [0.2, 0.25) is 0 Å². The molecule has 2 aromatic heterocycles. The minimum absolute atomic E-state index is 0.00850. The number of carbonyl (C=O) groups is 1. The summed E-state index contributed by atoms with van der Waals surface area (Å²) in [4.78, 5) is 22.9. The van der Waals surface area contributed by atoms with E-state index >= 15 is 0 Å². The van der Waals surface area contributed by atoms with Gasteiger partial charge in [0.15, 0.2) is 34.6 Å². The number of aromatic nitrogens is 4. The molecule has 0 unspecified atom stereocenters. The number of nitrogens with one attached hydrogen (secondary N) is 1. The Bertz CT molecular complexity index is 1420. The number of methoxy groups -OCH3 is 2. The van der Waals surface area contributed by atoms with Crippen LogP contribution in [-0.2, 0) is 6.54 Å². The first kappa shape index (κ1) is 21.7.